The van der Waals surface area contributed by atoms with Crippen molar-refractivity contribution in [1.82, 2.24) is 0 Å². The number of ether oxygens (including phenoxy) is 3. The predicted molar refractivity (Wildman–Crippen MR) is 243 cm³/mol. The molecule has 0 aromatic rings. The summed E-state index contributed by atoms with van der Waals surface area (Å²) in [5.74, 6) is -1.50. The van der Waals surface area contributed by atoms with E-state index in [2.05, 4.69) is 86.8 Å². The summed E-state index contributed by atoms with van der Waals surface area (Å²) in [6, 6.07) is -0.621. The monoisotopic (exact) mass is 813 g/mol. The third-order valence-corrected chi connectivity index (χ3v) is 9.84. The van der Waals surface area contributed by atoms with Gasteiger partial charge in [0.25, 0.3) is 0 Å². The van der Waals surface area contributed by atoms with E-state index >= 15 is 0 Å². The topological polar surface area (TPSA) is 99.1 Å². The lowest BCUT2D eigenvalue weighted by Gasteiger charge is -2.31. The van der Waals surface area contributed by atoms with Gasteiger partial charge in [0.05, 0.1) is 34.4 Å². The van der Waals surface area contributed by atoms with Gasteiger partial charge in [-0.05, 0) is 83.5 Å². The fourth-order valence-electron chi connectivity index (χ4n) is 6.29. The first kappa shape index (κ1) is 54.8. The fraction of sp³-hybridized carbons (Fsp3) is 0.700. The van der Waals surface area contributed by atoms with Crippen molar-refractivity contribution in [3.05, 3.63) is 72.9 Å². The standard InChI is InChI=1S/C50H85NO7/c1-6-8-10-12-14-16-18-20-21-22-23-24-25-26-27-28-29-31-33-35-37-39-41-49(53)58-46(44-56-43-42-47(50(54)55)51(3,4)5)45-57-48(52)40-38-36-34-32-30-19-17-15-13-11-9-7-2/h8,10,14-17,20-21,23-24,26-27,46-47H,6-7,9,11-13,18-19,22,25,28-45H2,1-5H3/p+1/b10-8+,16-14+,17-15+,21-20+,24-23+,27-26+. The van der Waals surface area contributed by atoms with Crippen molar-refractivity contribution >= 4 is 17.9 Å². The van der Waals surface area contributed by atoms with Crippen LogP contribution in [-0.4, -0.2) is 80.6 Å². The van der Waals surface area contributed by atoms with E-state index in [9.17, 15) is 19.5 Å². The van der Waals surface area contributed by atoms with Crippen LogP contribution >= 0.6 is 0 Å². The van der Waals surface area contributed by atoms with Crippen LogP contribution in [0.3, 0.4) is 0 Å². The van der Waals surface area contributed by atoms with Crippen molar-refractivity contribution in [2.45, 2.75) is 187 Å². The summed E-state index contributed by atoms with van der Waals surface area (Å²) in [6.07, 6.45) is 50.8. The minimum atomic E-state index is -0.882. The molecule has 0 fully saturated rings. The Morgan fingerprint density at radius 2 is 0.966 bits per heavy atom. The normalized spacial score (nSPS) is 13.6. The largest absolute Gasteiger partial charge is 0.477 e. The molecule has 0 aliphatic carbocycles. The van der Waals surface area contributed by atoms with Crippen LogP contribution in [0.2, 0.25) is 0 Å². The van der Waals surface area contributed by atoms with Crippen LogP contribution in [0.15, 0.2) is 72.9 Å². The van der Waals surface area contributed by atoms with Crippen molar-refractivity contribution in [3.63, 3.8) is 0 Å². The molecule has 0 bridgehead atoms. The Labute approximate surface area is 355 Å². The average molecular weight is 813 g/mol. The van der Waals surface area contributed by atoms with Crippen LogP contribution < -0.4 is 0 Å². The maximum atomic E-state index is 12.7. The summed E-state index contributed by atoms with van der Waals surface area (Å²) in [5.41, 5.74) is 0. The second kappa shape index (κ2) is 40.5. The Hall–Kier alpha value is -3.23. The van der Waals surface area contributed by atoms with E-state index in [0.717, 1.165) is 96.3 Å². The number of unbranched alkanes of at least 4 members (excludes halogenated alkanes) is 14. The molecule has 0 aromatic carbocycles. The van der Waals surface area contributed by atoms with Crippen LogP contribution in [-0.2, 0) is 28.6 Å². The number of hydrogen-bond donors (Lipinski definition) is 1. The molecule has 8 heteroatoms. The van der Waals surface area contributed by atoms with Gasteiger partial charge in [0.2, 0.25) is 0 Å². The summed E-state index contributed by atoms with van der Waals surface area (Å²) >= 11 is 0. The summed E-state index contributed by atoms with van der Waals surface area (Å²) in [7, 11) is 5.51. The Balaban J connectivity index is 4.34. The number of nitrogens with zero attached hydrogens (tertiary/aromatic N) is 1. The molecular weight excluding hydrogens is 727 g/mol. The van der Waals surface area contributed by atoms with Gasteiger partial charge < -0.3 is 23.8 Å². The highest BCUT2D eigenvalue weighted by atomic mass is 16.6. The highest BCUT2D eigenvalue weighted by molar-refractivity contribution is 5.72. The number of carboxylic acids is 1. The van der Waals surface area contributed by atoms with Gasteiger partial charge in [0.1, 0.15) is 6.61 Å². The smallest absolute Gasteiger partial charge is 0.362 e. The first-order chi connectivity index (χ1) is 28.1. The van der Waals surface area contributed by atoms with E-state index in [0.29, 0.717) is 19.3 Å². The zero-order chi connectivity index (χ0) is 42.8. The van der Waals surface area contributed by atoms with E-state index in [1.165, 1.54) is 44.9 Å². The molecule has 0 aliphatic rings. The molecule has 0 rings (SSSR count). The lowest BCUT2D eigenvalue weighted by atomic mass is 10.1. The molecule has 0 aromatic heterocycles. The number of rotatable bonds is 40. The van der Waals surface area contributed by atoms with Gasteiger partial charge in [-0.3, -0.25) is 9.59 Å². The van der Waals surface area contributed by atoms with Crippen LogP contribution in [0.5, 0.6) is 0 Å². The van der Waals surface area contributed by atoms with Crippen molar-refractivity contribution in [2.24, 2.45) is 0 Å². The maximum Gasteiger partial charge on any atom is 0.362 e. The maximum absolute atomic E-state index is 12.7. The number of likely N-dealkylation sites (N-methyl/N-ethyl adjacent to an activating group) is 1. The molecule has 0 saturated carbocycles. The van der Waals surface area contributed by atoms with Gasteiger partial charge in [-0.1, -0.05) is 145 Å². The van der Waals surface area contributed by atoms with E-state index in [1.807, 2.05) is 21.1 Å². The molecular formula is C50H86NO7+. The van der Waals surface area contributed by atoms with E-state index < -0.39 is 18.1 Å². The third kappa shape index (κ3) is 38.3. The third-order valence-electron chi connectivity index (χ3n) is 9.84. The zero-order valence-corrected chi connectivity index (χ0v) is 37.7. The molecule has 58 heavy (non-hydrogen) atoms. The van der Waals surface area contributed by atoms with Gasteiger partial charge in [0.15, 0.2) is 12.1 Å². The molecule has 0 radical (unpaired) electrons. The van der Waals surface area contributed by atoms with Crippen LogP contribution in [0.25, 0.3) is 0 Å². The van der Waals surface area contributed by atoms with E-state index in [4.69, 9.17) is 14.2 Å². The summed E-state index contributed by atoms with van der Waals surface area (Å²) in [6.45, 7) is 4.56. The van der Waals surface area contributed by atoms with Gasteiger partial charge in [-0.2, -0.15) is 0 Å². The molecule has 0 heterocycles. The summed E-state index contributed by atoms with van der Waals surface area (Å²) < 4.78 is 17.3. The molecule has 8 nitrogen and oxygen atoms in total. The average Bonchev–Trinajstić information content (AvgIpc) is 3.18. The van der Waals surface area contributed by atoms with Crippen LogP contribution in [0.4, 0.5) is 0 Å². The number of aliphatic carboxylic acids is 1. The second-order valence-electron chi connectivity index (χ2n) is 16.3. The van der Waals surface area contributed by atoms with E-state index in [-0.39, 0.29) is 36.2 Å². The minimum Gasteiger partial charge on any atom is -0.477 e. The number of carbonyl (C=O) groups excluding carboxylic acids is 2. The number of hydrogen-bond acceptors (Lipinski definition) is 6. The van der Waals surface area contributed by atoms with Crippen molar-refractivity contribution in [2.75, 3.05) is 41.0 Å². The molecule has 0 saturated heterocycles. The molecule has 0 amide bonds. The summed E-state index contributed by atoms with van der Waals surface area (Å²) in [4.78, 5) is 37.0. The Morgan fingerprint density at radius 1 is 0.534 bits per heavy atom. The number of quaternary nitrogens is 1. The number of carboxylic acid groups (broad SMARTS) is 1. The minimum absolute atomic E-state index is 0.0490. The van der Waals surface area contributed by atoms with E-state index in [1.54, 1.807) is 0 Å². The SMILES string of the molecule is CC/C=C/C/C=C/C/C=C/C/C=C/C/C=C/CCCCCCCCC(=O)OC(COCCC(C(=O)O)[N+](C)(C)C)COC(=O)CCCCCCC/C=C/CCCCC. The van der Waals surface area contributed by atoms with Gasteiger partial charge >= 0.3 is 17.9 Å². The van der Waals surface area contributed by atoms with Crippen molar-refractivity contribution in [3.8, 4) is 0 Å². The molecule has 0 aliphatic heterocycles. The van der Waals surface area contributed by atoms with Crippen LogP contribution in [0.1, 0.15) is 174 Å². The van der Waals surface area contributed by atoms with Gasteiger partial charge in [-0.25, -0.2) is 4.79 Å². The molecule has 2 atom stereocenters. The van der Waals surface area contributed by atoms with Crippen molar-refractivity contribution < 1.29 is 38.2 Å². The predicted octanol–water partition coefficient (Wildman–Crippen LogP) is 12.7. The quantitative estimate of drug-likeness (QED) is 0.0285. The number of carbonyl (C=O) groups is 3. The Bertz CT molecular complexity index is 1180. The molecule has 0 spiro atoms. The fourth-order valence-corrected chi connectivity index (χ4v) is 6.29. The molecule has 332 valence electrons. The lowest BCUT2D eigenvalue weighted by Crippen LogP contribution is -2.50. The number of esters is 2. The first-order valence-electron chi connectivity index (χ1n) is 23.0. The van der Waals surface area contributed by atoms with Crippen LogP contribution in [0, 0.1) is 0 Å². The first-order valence-corrected chi connectivity index (χ1v) is 23.0. The second-order valence-corrected chi connectivity index (χ2v) is 16.3. The summed E-state index contributed by atoms with van der Waals surface area (Å²) in [5, 5.41) is 9.62. The van der Waals surface area contributed by atoms with Gasteiger partial charge in [0, 0.05) is 19.3 Å². The van der Waals surface area contributed by atoms with Crippen molar-refractivity contribution in [1.29, 1.82) is 0 Å². The molecule has 1 N–H and O–H groups in total. The highest BCUT2D eigenvalue weighted by Gasteiger charge is 2.31. The number of allylic oxidation sites excluding steroid dienone is 12. The Kier molecular flexibility index (Phi) is 38.3. The van der Waals surface area contributed by atoms with Gasteiger partial charge in [-0.15, -0.1) is 0 Å². The Morgan fingerprint density at radius 3 is 1.45 bits per heavy atom. The lowest BCUT2D eigenvalue weighted by molar-refractivity contribution is -0.887. The molecule has 2 unspecified atom stereocenters. The zero-order valence-electron chi connectivity index (χ0n) is 37.7. The highest BCUT2D eigenvalue weighted by Crippen LogP contribution is 2.13.